The average molecular weight is 304 g/mol. The summed E-state index contributed by atoms with van der Waals surface area (Å²) in [6.07, 6.45) is 7.75. The van der Waals surface area contributed by atoms with Gasteiger partial charge in [0.05, 0.1) is 24.9 Å². The third-order valence-electron chi connectivity index (χ3n) is 4.52. The first-order chi connectivity index (χ1) is 10.6. The first kappa shape index (κ1) is 15.4. The fourth-order valence-corrected chi connectivity index (χ4v) is 3.70. The molecule has 2 atom stereocenters. The lowest BCUT2D eigenvalue weighted by molar-refractivity contribution is -0.0451. The van der Waals surface area contributed by atoms with E-state index in [-0.39, 0.29) is 11.5 Å². The van der Waals surface area contributed by atoms with Crippen LogP contribution in [0.1, 0.15) is 29.8 Å². The minimum Gasteiger partial charge on any atom is -0.373 e. The molecule has 2 aliphatic rings. The van der Waals surface area contributed by atoms with E-state index in [1.807, 2.05) is 4.90 Å². The Hall–Kier alpha value is -1.53. The van der Waals surface area contributed by atoms with E-state index in [0.717, 1.165) is 39.0 Å². The molecule has 120 valence electrons. The topological polar surface area (TPSA) is 58.6 Å². The van der Waals surface area contributed by atoms with Crippen LogP contribution in [0.2, 0.25) is 0 Å². The number of rotatable bonds is 3. The van der Waals surface area contributed by atoms with Crippen LogP contribution in [-0.2, 0) is 4.74 Å². The van der Waals surface area contributed by atoms with E-state index in [4.69, 9.17) is 4.74 Å². The van der Waals surface area contributed by atoms with Gasteiger partial charge in [-0.3, -0.25) is 9.78 Å². The highest BCUT2D eigenvalue weighted by molar-refractivity contribution is 5.92. The van der Waals surface area contributed by atoms with Crippen LogP contribution >= 0.6 is 0 Å². The van der Waals surface area contributed by atoms with E-state index in [1.54, 1.807) is 12.4 Å². The summed E-state index contributed by atoms with van der Waals surface area (Å²) in [6, 6.07) is 0. The first-order valence-corrected chi connectivity index (χ1v) is 7.92. The lowest BCUT2D eigenvalue weighted by atomic mass is 9.86. The molecule has 0 aliphatic carbocycles. The normalized spacial score (nSPS) is 28.5. The Morgan fingerprint density at radius 2 is 2.36 bits per heavy atom. The fourth-order valence-electron chi connectivity index (χ4n) is 3.70. The van der Waals surface area contributed by atoms with Crippen LogP contribution in [-0.4, -0.2) is 71.6 Å². The van der Waals surface area contributed by atoms with Gasteiger partial charge in [-0.1, -0.05) is 0 Å². The van der Waals surface area contributed by atoms with Crippen LogP contribution in [0.15, 0.2) is 18.6 Å². The second-order valence-electron chi connectivity index (χ2n) is 6.75. The fraction of sp³-hybridized carbons (Fsp3) is 0.688. The van der Waals surface area contributed by atoms with Crippen molar-refractivity contribution in [2.45, 2.75) is 24.9 Å². The average Bonchev–Trinajstić information content (AvgIpc) is 2.88. The molecule has 1 amide bonds. The molecule has 3 heterocycles. The molecule has 0 N–H and O–H groups in total. The molecule has 2 fully saturated rings. The highest BCUT2D eigenvalue weighted by atomic mass is 16.5. The summed E-state index contributed by atoms with van der Waals surface area (Å²) in [6.45, 7) is 3.29. The van der Waals surface area contributed by atoms with Crippen molar-refractivity contribution in [3.8, 4) is 0 Å². The van der Waals surface area contributed by atoms with Gasteiger partial charge in [-0.25, -0.2) is 4.98 Å². The van der Waals surface area contributed by atoms with Gasteiger partial charge in [0, 0.05) is 25.5 Å². The lowest BCUT2D eigenvalue weighted by Gasteiger charge is -2.39. The summed E-state index contributed by atoms with van der Waals surface area (Å²) < 4.78 is 6.15. The largest absolute Gasteiger partial charge is 0.373 e. The van der Waals surface area contributed by atoms with Crippen LogP contribution in [0, 0.1) is 5.92 Å². The molecule has 2 saturated heterocycles. The molecule has 0 bridgehead atoms. The number of amides is 1. The zero-order chi connectivity index (χ0) is 15.6. The maximum Gasteiger partial charge on any atom is 0.274 e. The molecule has 2 aliphatic heterocycles. The molecule has 22 heavy (non-hydrogen) atoms. The summed E-state index contributed by atoms with van der Waals surface area (Å²) >= 11 is 0. The van der Waals surface area contributed by atoms with Gasteiger partial charge in [0.2, 0.25) is 0 Å². The van der Waals surface area contributed by atoms with Gasteiger partial charge in [-0.15, -0.1) is 0 Å². The zero-order valence-corrected chi connectivity index (χ0v) is 13.4. The monoisotopic (exact) mass is 304 g/mol. The van der Waals surface area contributed by atoms with Gasteiger partial charge in [0.1, 0.15) is 5.69 Å². The SMILES string of the molecule is CN(C)CC1COC2(CCCN(C(=O)c3cnccn3)C2)C1. The first-order valence-electron chi connectivity index (χ1n) is 7.92. The van der Waals surface area contributed by atoms with Crippen molar-refractivity contribution >= 4 is 5.91 Å². The Morgan fingerprint density at radius 1 is 1.50 bits per heavy atom. The van der Waals surface area contributed by atoms with Crippen molar-refractivity contribution < 1.29 is 9.53 Å². The molecule has 1 aromatic rings. The molecule has 2 unspecified atom stereocenters. The van der Waals surface area contributed by atoms with Crippen LogP contribution < -0.4 is 0 Å². The number of piperidine rings is 1. The van der Waals surface area contributed by atoms with Crippen LogP contribution in [0.4, 0.5) is 0 Å². The summed E-state index contributed by atoms with van der Waals surface area (Å²) in [7, 11) is 4.19. The maximum atomic E-state index is 12.6. The summed E-state index contributed by atoms with van der Waals surface area (Å²) in [5.74, 6) is 0.522. The number of carbonyl (C=O) groups is 1. The Morgan fingerprint density at radius 3 is 3.09 bits per heavy atom. The van der Waals surface area contributed by atoms with Crippen molar-refractivity contribution in [1.82, 2.24) is 19.8 Å². The Labute approximate surface area is 131 Å². The summed E-state index contributed by atoms with van der Waals surface area (Å²) in [5.41, 5.74) is 0.263. The molecule has 0 aromatic carbocycles. The highest BCUT2D eigenvalue weighted by Gasteiger charge is 2.44. The number of aromatic nitrogens is 2. The van der Waals surface area contributed by atoms with Crippen molar-refractivity contribution in [3.63, 3.8) is 0 Å². The smallest absolute Gasteiger partial charge is 0.274 e. The molecule has 1 aromatic heterocycles. The second-order valence-corrected chi connectivity index (χ2v) is 6.75. The van der Waals surface area contributed by atoms with Gasteiger partial charge in [-0.2, -0.15) is 0 Å². The van der Waals surface area contributed by atoms with Crippen LogP contribution in [0.25, 0.3) is 0 Å². The number of carbonyl (C=O) groups excluding carboxylic acids is 1. The Balaban J connectivity index is 1.66. The minimum absolute atomic E-state index is 0.0353. The van der Waals surface area contributed by atoms with Crippen molar-refractivity contribution in [2.24, 2.45) is 5.92 Å². The van der Waals surface area contributed by atoms with Gasteiger partial charge in [0.25, 0.3) is 5.91 Å². The summed E-state index contributed by atoms with van der Waals surface area (Å²) in [4.78, 5) is 24.8. The third kappa shape index (κ3) is 3.28. The molecule has 1 spiro atoms. The molecule has 6 heteroatoms. The number of nitrogens with zero attached hydrogens (tertiary/aromatic N) is 4. The predicted octanol–water partition coefficient (Wildman–Crippen LogP) is 1.05. The third-order valence-corrected chi connectivity index (χ3v) is 4.52. The standard InChI is InChI=1S/C16H24N4O2/c1-19(2)10-13-8-16(22-11-13)4-3-7-20(12-16)15(21)14-9-17-5-6-18-14/h5-6,9,13H,3-4,7-8,10-12H2,1-2H3. The maximum absolute atomic E-state index is 12.6. The highest BCUT2D eigenvalue weighted by Crippen LogP contribution is 2.37. The van der Waals surface area contributed by atoms with Gasteiger partial charge in [-0.05, 0) is 39.3 Å². The van der Waals surface area contributed by atoms with Crippen LogP contribution in [0.3, 0.4) is 0 Å². The lowest BCUT2D eigenvalue weighted by Crippen LogP contribution is -2.50. The van der Waals surface area contributed by atoms with E-state index in [9.17, 15) is 4.79 Å². The van der Waals surface area contributed by atoms with Crippen molar-refractivity contribution in [1.29, 1.82) is 0 Å². The predicted molar refractivity (Wildman–Crippen MR) is 82.5 cm³/mol. The molecular formula is C16H24N4O2. The van der Waals surface area contributed by atoms with Gasteiger partial charge < -0.3 is 14.5 Å². The summed E-state index contributed by atoms with van der Waals surface area (Å²) in [5, 5.41) is 0. The number of hydrogen-bond donors (Lipinski definition) is 0. The van der Waals surface area contributed by atoms with Gasteiger partial charge in [0.15, 0.2) is 0 Å². The molecular weight excluding hydrogens is 280 g/mol. The minimum atomic E-state index is -0.156. The number of ether oxygens (including phenoxy) is 1. The second kappa shape index (κ2) is 6.30. The Kier molecular flexibility index (Phi) is 4.40. The van der Waals surface area contributed by atoms with Crippen molar-refractivity contribution in [3.05, 3.63) is 24.3 Å². The zero-order valence-electron chi connectivity index (χ0n) is 13.4. The van der Waals surface area contributed by atoms with Crippen LogP contribution in [0.5, 0.6) is 0 Å². The van der Waals surface area contributed by atoms with E-state index < -0.39 is 0 Å². The Bertz CT molecular complexity index is 522. The number of likely N-dealkylation sites (tertiary alicyclic amines) is 1. The molecule has 0 radical (unpaired) electrons. The number of hydrogen-bond acceptors (Lipinski definition) is 5. The molecule has 0 saturated carbocycles. The van der Waals surface area contributed by atoms with E-state index in [1.165, 1.54) is 6.20 Å². The molecule has 6 nitrogen and oxygen atoms in total. The van der Waals surface area contributed by atoms with E-state index in [2.05, 4.69) is 29.0 Å². The van der Waals surface area contributed by atoms with Crippen molar-refractivity contribution in [2.75, 3.05) is 40.3 Å². The quantitative estimate of drug-likeness (QED) is 0.835. The van der Waals surface area contributed by atoms with E-state index in [0.29, 0.717) is 18.2 Å². The molecule has 3 rings (SSSR count). The van der Waals surface area contributed by atoms with E-state index >= 15 is 0 Å². The van der Waals surface area contributed by atoms with Gasteiger partial charge >= 0.3 is 0 Å².